The van der Waals surface area contributed by atoms with Crippen molar-refractivity contribution < 1.29 is 9.59 Å². The quantitative estimate of drug-likeness (QED) is 0.836. The van der Waals surface area contributed by atoms with Crippen molar-refractivity contribution in [3.05, 3.63) is 0 Å². The van der Waals surface area contributed by atoms with E-state index < -0.39 is 0 Å². The normalized spacial score (nSPS) is 26.4. The Kier molecular flexibility index (Phi) is 6.84. The Morgan fingerprint density at radius 3 is 2.12 bits per heavy atom. The van der Waals surface area contributed by atoms with E-state index in [9.17, 15) is 9.59 Å². The molecule has 1 saturated carbocycles. The molecule has 2 heterocycles. The lowest BCUT2D eigenvalue weighted by Gasteiger charge is -2.36. The number of thioether (sulfide) groups is 1. The predicted octanol–water partition coefficient (Wildman–Crippen LogP) is 1.72. The van der Waals surface area contributed by atoms with Gasteiger partial charge in [-0.25, -0.2) is 0 Å². The van der Waals surface area contributed by atoms with E-state index in [2.05, 4.69) is 5.32 Å². The summed E-state index contributed by atoms with van der Waals surface area (Å²) >= 11 is 1.93. The molecule has 3 rings (SSSR count). The first-order chi connectivity index (χ1) is 11.7. The fourth-order valence-corrected chi connectivity index (χ4v) is 5.01. The summed E-state index contributed by atoms with van der Waals surface area (Å²) in [5.74, 6) is 3.33. The van der Waals surface area contributed by atoms with Crippen LogP contribution in [0.1, 0.15) is 44.9 Å². The van der Waals surface area contributed by atoms with Crippen molar-refractivity contribution >= 4 is 23.6 Å². The van der Waals surface area contributed by atoms with Gasteiger partial charge in [-0.1, -0.05) is 19.3 Å². The van der Waals surface area contributed by atoms with Gasteiger partial charge < -0.3 is 15.1 Å². The SMILES string of the molecule is O=C(CC1CCCCC1)N1CCN(C(=O)CC2CSCCN2)CC1. The molecule has 2 aliphatic heterocycles. The minimum Gasteiger partial charge on any atom is -0.339 e. The molecule has 2 saturated heterocycles. The molecule has 1 atom stereocenters. The standard InChI is InChI=1S/C18H31N3O2S/c22-17(12-15-4-2-1-3-5-15)20-7-9-21(10-8-20)18(23)13-16-14-24-11-6-19-16/h15-16,19H,1-14H2. The number of amides is 2. The summed E-state index contributed by atoms with van der Waals surface area (Å²) in [6, 6.07) is 0.321. The fraction of sp³-hybridized carbons (Fsp3) is 0.889. The number of nitrogens with one attached hydrogen (secondary N) is 1. The van der Waals surface area contributed by atoms with Crippen LogP contribution < -0.4 is 5.32 Å². The van der Waals surface area contributed by atoms with Gasteiger partial charge in [0.1, 0.15) is 0 Å². The van der Waals surface area contributed by atoms with Crippen molar-refractivity contribution in [3.63, 3.8) is 0 Å². The van der Waals surface area contributed by atoms with Gasteiger partial charge in [0.25, 0.3) is 0 Å². The highest BCUT2D eigenvalue weighted by Gasteiger charge is 2.27. The summed E-state index contributed by atoms with van der Waals surface area (Å²) in [6.45, 7) is 3.84. The third-order valence-electron chi connectivity index (χ3n) is 5.59. The van der Waals surface area contributed by atoms with E-state index in [1.807, 2.05) is 21.6 Å². The largest absolute Gasteiger partial charge is 0.339 e. The van der Waals surface area contributed by atoms with E-state index in [-0.39, 0.29) is 5.91 Å². The van der Waals surface area contributed by atoms with E-state index >= 15 is 0 Å². The monoisotopic (exact) mass is 353 g/mol. The maximum absolute atomic E-state index is 12.5. The van der Waals surface area contributed by atoms with Crippen LogP contribution >= 0.6 is 11.8 Å². The molecule has 1 unspecified atom stereocenters. The second kappa shape index (κ2) is 9.09. The molecule has 136 valence electrons. The smallest absolute Gasteiger partial charge is 0.224 e. The summed E-state index contributed by atoms with van der Waals surface area (Å²) in [5.41, 5.74) is 0. The van der Waals surface area contributed by atoms with Crippen LogP contribution in [0.3, 0.4) is 0 Å². The Bertz CT molecular complexity index is 386. The second-order valence-corrected chi connectivity index (χ2v) is 8.55. The van der Waals surface area contributed by atoms with Gasteiger partial charge in [0.15, 0.2) is 0 Å². The van der Waals surface area contributed by atoms with Gasteiger partial charge in [-0.3, -0.25) is 9.59 Å². The van der Waals surface area contributed by atoms with Crippen molar-refractivity contribution in [3.8, 4) is 0 Å². The first-order valence-electron chi connectivity index (χ1n) is 9.59. The van der Waals surface area contributed by atoms with E-state index in [0.717, 1.165) is 24.5 Å². The molecular formula is C18H31N3O2S. The molecule has 0 aromatic heterocycles. The predicted molar refractivity (Wildman–Crippen MR) is 98.1 cm³/mol. The Hall–Kier alpha value is -0.750. The lowest BCUT2D eigenvalue weighted by Crippen LogP contribution is -2.52. The van der Waals surface area contributed by atoms with Gasteiger partial charge in [0, 0.05) is 63.1 Å². The lowest BCUT2D eigenvalue weighted by atomic mass is 9.86. The van der Waals surface area contributed by atoms with Crippen molar-refractivity contribution in [1.82, 2.24) is 15.1 Å². The van der Waals surface area contributed by atoms with Gasteiger partial charge in [0.05, 0.1) is 0 Å². The highest BCUT2D eigenvalue weighted by Crippen LogP contribution is 2.27. The van der Waals surface area contributed by atoms with Crippen LogP contribution in [-0.4, -0.2) is 71.9 Å². The minimum absolute atomic E-state index is 0.245. The zero-order valence-corrected chi connectivity index (χ0v) is 15.5. The zero-order valence-electron chi connectivity index (χ0n) is 14.7. The van der Waals surface area contributed by atoms with E-state index in [1.165, 1.54) is 32.1 Å². The summed E-state index contributed by atoms with van der Waals surface area (Å²) in [6.07, 6.45) is 7.66. The van der Waals surface area contributed by atoms with Crippen LogP contribution in [-0.2, 0) is 9.59 Å². The Morgan fingerprint density at radius 1 is 0.917 bits per heavy atom. The first kappa shape index (κ1) is 18.1. The number of hydrogen-bond acceptors (Lipinski definition) is 4. The molecule has 1 N–H and O–H groups in total. The molecule has 1 aliphatic carbocycles. The average Bonchev–Trinajstić information content (AvgIpc) is 2.63. The van der Waals surface area contributed by atoms with Crippen molar-refractivity contribution in [2.24, 2.45) is 5.92 Å². The van der Waals surface area contributed by atoms with Gasteiger partial charge >= 0.3 is 0 Å². The Morgan fingerprint density at radius 2 is 1.54 bits per heavy atom. The molecule has 5 nitrogen and oxygen atoms in total. The molecule has 0 bridgehead atoms. The van der Waals surface area contributed by atoms with Crippen LogP contribution in [0.25, 0.3) is 0 Å². The topological polar surface area (TPSA) is 52.7 Å². The maximum atomic E-state index is 12.5. The highest BCUT2D eigenvalue weighted by molar-refractivity contribution is 7.99. The van der Waals surface area contributed by atoms with Gasteiger partial charge in [-0.05, 0) is 18.8 Å². The molecule has 24 heavy (non-hydrogen) atoms. The Labute approximate surface area is 149 Å². The molecular weight excluding hydrogens is 322 g/mol. The Balaban J connectivity index is 1.38. The summed E-state index contributed by atoms with van der Waals surface area (Å²) in [5, 5.41) is 3.43. The van der Waals surface area contributed by atoms with Gasteiger partial charge in [0.2, 0.25) is 11.8 Å². The van der Waals surface area contributed by atoms with Crippen molar-refractivity contribution in [2.45, 2.75) is 51.0 Å². The van der Waals surface area contributed by atoms with Crippen LogP contribution in [0.4, 0.5) is 0 Å². The number of carbonyl (C=O) groups is 2. The molecule has 0 aromatic carbocycles. The molecule has 0 aromatic rings. The fourth-order valence-electron chi connectivity index (χ4n) is 4.06. The number of rotatable bonds is 4. The lowest BCUT2D eigenvalue weighted by molar-refractivity contribution is -0.140. The molecule has 3 fully saturated rings. The number of nitrogens with zero attached hydrogens (tertiary/aromatic N) is 2. The second-order valence-electron chi connectivity index (χ2n) is 7.40. The third kappa shape index (κ3) is 5.12. The van der Waals surface area contributed by atoms with E-state index in [0.29, 0.717) is 50.5 Å². The van der Waals surface area contributed by atoms with Gasteiger partial charge in [-0.2, -0.15) is 11.8 Å². The minimum atomic E-state index is 0.245. The van der Waals surface area contributed by atoms with E-state index in [1.54, 1.807) is 0 Å². The first-order valence-corrected chi connectivity index (χ1v) is 10.7. The third-order valence-corrected chi connectivity index (χ3v) is 6.72. The number of piperazine rings is 1. The molecule has 0 radical (unpaired) electrons. The summed E-state index contributed by atoms with van der Waals surface area (Å²) in [4.78, 5) is 28.8. The van der Waals surface area contributed by atoms with Crippen LogP contribution in [0.5, 0.6) is 0 Å². The molecule has 3 aliphatic rings. The van der Waals surface area contributed by atoms with E-state index in [4.69, 9.17) is 0 Å². The number of carbonyl (C=O) groups excluding carboxylic acids is 2. The summed E-state index contributed by atoms with van der Waals surface area (Å²) in [7, 11) is 0. The van der Waals surface area contributed by atoms with Crippen molar-refractivity contribution in [1.29, 1.82) is 0 Å². The zero-order chi connectivity index (χ0) is 16.8. The van der Waals surface area contributed by atoms with Crippen molar-refractivity contribution in [2.75, 3.05) is 44.2 Å². The summed E-state index contributed by atoms with van der Waals surface area (Å²) < 4.78 is 0. The van der Waals surface area contributed by atoms with Crippen LogP contribution in [0.2, 0.25) is 0 Å². The molecule has 6 heteroatoms. The van der Waals surface area contributed by atoms with Gasteiger partial charge in [-0.15, -0.1) is 0 Å². The molecule has 2 amide bonds. The highest BCUT2D eigenvalue weighted by atomic mass is 32.2. The van der Waals surface area contributed by atoms with Crippen LogP contribution in [0.15, 0.2) is 0 Å². The maximum Gasteiger partial charge on any atom is 0.224 e. The number of hydrogen-bond donors (Lipinski definition) is 1. The van der Waals surface area contributed by atoms with Crippen LogP contribution in [0, 0.1) is 5.92 Å². The average molecular weight is 354 g/mol. The molecule has 0 spiro atoms.